The molecule has 16 heavy (non-hydrogen) atoms. The third kappa shape index (κ3) is 1.21. The number of anilines is 1. The smallest absolute Gasteiger partial charge is 0.132 e. The third-order valence-corrected chi connectivity index (χ3v) is 2.69. The predicted molar refractivity (Wildman–Crippen MR) is 63.6 cm³/mol. The number of hydrogen-bond donors (Lipinski definition) is 1. The van der Waals surface area contributed by atoms with Crippen LogP contribution < -0.4 is 5.73 Å². The molecule has 2 nitrogen and oxygen atoms in total. The van der Waals surface area contributed by atoms with Gasteiger partial charge in [-0.25, -0.2) is 9.37 Å². The minimum Gasteiger partial charge on any atom is -0.383 e. The van der Waals surface area contributed by atoms with E-state index in [2.05, 4.69) is 4.98 Å². The van der Waals surface area contributed by atoms with Crippen LogP contribution in [0.4, 0.5) is 10.2 Å². The van der Waals surface area contributed by atoms with E-state index in [0.717, 1.165) is 21.7 Å². The first-order valence-corrected chi connectivity index (χ1v) is 4.99. The van der Waals surface area contributed by atoms with Gasteiger partial charge in [-0.15, -0.1) is 0 Å². The highest BCUT2D eigenvalue weighted by molar-refractivity contribution is 6.09. The maximum Gasteiger partial charge on any atom is 0.132 e. The quantitative estimate of drug-likeness (QED) is 0.581. The molecule has 1 aromatic heterocycles. The van der Waals surface area contributed by atoms with Crippen LogP contribution in [0.1, 0.15) is 0 Å². The second kappa shape index (κ2) is 3.17. The SMILES string of the molecule is Nc1nc2ccccc2c2cc(F)ccc12. The van der Waals surface area contributed by atoms with Crippen molar-refractivity contribution in [1.82, 2.24) is 4.98 Å². The zero-order valence-electron chi connectivity index (χ0n) is 8.44. The van der Waals surface area contributed by atoms with Gasteiger partial charge in [-0.3, -0.25) is 0 Å². The van der Waals surface area contributed by atoms with Crippen molar-refractivity contribution < 1.29 is 4.39 Å². The molecule has 0 aliphatic rings. The Balaban J connectivity index is 2.61. The zero-order chi connectivity index (χ0) is 11.1. The summed E-state index contributed by atoms with van der Waals surface area (Å²) in [6.07, 6.45) is 0. The van der Waals surface area contributed by atoms with Crippen LogP contribution in [0.3, 0.4) is 0 Å². The number of nitrogen functional groups attached to an aromatic ring is 1. The molecule has 0 saturated carbocycles. The molecule has 0 aliphatic carbocycles. The summed E-state index contributed by atoms with van der Waals surface area (Å²) in [6.45, 7) is 0. The van der Waals surface area contributed by atoms with Crippen molar-refractivity contribution in [3.8, 4) is 0 Å². The van der Waals surface area contributed by atoms with E-state index in [1.54, 1.807) is 6.07 Å². The lowest BCUT2D eigenvalue weighted by molar-refractivity contribution is 0.630. The van der Waals surface area contributed by atoms with E-state index in [9.17, 15) is 4.39 Å². The Hall–Kier alpha value is -2.16. The normalized spacial score (nSPS) is 11.1. The molecule has 0 unspecified atom stereocenters. The Labute approximate surface area is 91.5 Å². The number of fused-ring (bicyclic) bond motifs is 3. The van der Waals surface area contributed by atoms with E-state index in [1.807, 2.05) is 24.3 Å². The van der Waals surface area contributed by atoms with Gasteiger partial charge in [0.1, 0.15) is 11.6 Å². The summed E-state index contributed by atoms with van der Waals surface area (Å²) in [5.41, 5.74) is 6.63. The van der Waals surface area contributed by atoms with Gasteiger partial charge in [0.05, 0.1) is 5.52 Å². The summed E-state index contributed by atoms with van der Waals surface area (Å²) >= 11 is 0. The maximum atomic E-state index is 13.2. The summed E-state index contributed by atoms with van der Waals surface area (Å²) in [6, 6.07) is 12.1. The number of aromatic nitrogens is 1. The van der Waals surface area contributed by atoms with Gasteiger partial charge in [-0.1, -0.05) is 18.2 Å². The molecule has 3 rings (SSSR count). The van der Waals surface area contributed by atoms with Crippen LogP contribution >= 0.6 is 0 Å². The number of para-hydroxylation sites is 1. The predicted octanol–water partition coefficient (Wildman–Crippen LogP) is 3.11. The second-order valence-electron chi connectivity index (χ2n) is 3.70. The van der Waals surface area contributed by atoms with Crippen LogP contribution in [0, 0.1) is 5.82 Å². The third-order valence-electron chi connectivity index (χ3n) is 2.69. The van der Waals surface area contributed by atoms with Crippen molar-refractivity contribution in [1.29, 1.82) is 0 Å². The summed E-state index contributed by atoms with van der Waals surface area (Å²) in [5.74, 6) is 0.178. The fraction of sp³-hybridized carbons (Fsp3) is 0. The summed E-state index contributed by atoms with van der Waals surface area (Å²) in [5, 5.41) is 2.52. The first-order valence-electron chi connectivity index (χ1n) is 4.99. The zero-order valence-corrected chi connectivity index (χ0v) is 8.44. The molecule has 0 fully saturated rings. The van der Waals surface area contributed by atoms with Crippen LogP contribution in [0.2, 0.25) is 0 Å². The molecule has 0 amide bonds. The molecule has 0 bridgehead atoms. The van der Waals surface area contributed by atoms with E-state index >= 15 is 0 Å². The van der Waals surface area contributed by atoms with E-state index < -0.39 is 0 Å². The molecule has 0 aliphatic heterocycles. The molecule has 3 aromatic rings. The molecule has 0 spiro atoms. The van der Waals surface area contributed by atoms with Gasteiger partial charge in [0.2, 0.25) is 0 Å². The van der Waals surface area contributed by atoms with Gasteiger partial charge in [0.25, 0.3) is 0 Å². The maximum absolute atomic E-state index is 13.2. The number of rotatable bonds is 0. The number of nitrogens with two attached hydrogens (primary N) is 1. The van der Waals surface area contributed by atoms with Gasteiger partial charge < -0.3 is 5.73 Å². The molecule has 2 N–H and O–H groups in total. The average Bonchev–Trinajstić information content (AvgIpc) is 2.29. The number of hydrogen-bond acceptors (Lipinski definition) is 2. The minimum absolute atomic E-state index is 0.261. The van der Waals surface area contributed by atoms with Gasteiger partial charge in [0.15, 0.2) is 0 Å². The van der Waals surface area contributed by atoms with Crippen molar-refractivity contribution in [3.63, 3.8) is 0 Å². The van der Waals surface area contributed by atoms with E-state index in [0.29, 0.717) is 5.82 Å². The van der Waals surface area contributed by atoms with Crippen molar-refractivity contribution in [2.45, 2.75) is 0 Å². The largest absolute Gasteiger partial charge is 0.383 e. The summed E-state index contributed by atoms with van der Waals surface area (Å²) in [7, 11) is 0. The Morgan fingerprint density at radius 3 is 2.62 bits per heavy atom. The Morgan fingerprint density at radius 2 is 1.75 bits per heavy atom. The molecule has 0 saturated heterocycles. The van der Waals surface area contributed by atoms with Crippen molar-refractivity contribution >= 4 is 27.5 Å². The van der Waals surface area contributed by atoms with Crippen LogP contribution in [0.5, 0.6) is 0 Å². The molecule has 2 aromatic carbocycles. The van der Waals surface area contributed by atoms with E-state index in [4.69, 9.17) is 5.73 Å². The average molecular weight is 212 g/mol. The first-order chi connectivity index (χ1) is 7.75. The molecular weight excluding hydrogens is 203 g/mol. The molecule has 78 valence electrons. The van der Waals surface area contributed by atoms with Gasteiger partial charge in [0, 0.05) is 10.8 Å². The molecular formula is C13H9FN2. The Morgan fingerprint density at radius 1 is 0.938 bits per heavy atom. The van der Waals surface area contributed by atoms with E-state index in [1.165, 1.54) is 12.1 Å². The highest BCUT2D eigenvalue weighted by Gasteiger charge is 2.06. The lowest BCUT2D eigenvalue weighted by Gasteiger charge is -2.05. The van der Waals surface area contributed by atoms with Crippen LogP contribution in [-0.4, -0.2) is 4.98 Å². The van der Waals surface area contributed by atoms with Crippen molar-refractivity contribution in [2.75, 3.05) is 5.73 Å². The number of benzene rings is 2. The summed E-state index contributed by atoms with van der Waals surface area (Å²) < 4.78 is 13.2. The lowest BCUT2D eigenvalue weighted by atomic mass is 10.1. The first kappa shape index (κ1) is 9.09. The molecule has 3 heteroatoms. The van der Waals surface area contributed by atoms with Crippen molar-refractivity contribution in [2.24, 2.45) is 0 Å². The fourth-order valence-corrected chi connectivity index (χ4v) is 1.95. The summed E-state index contributed by atoms with van der Waals surface area (Å²) in [4.78, 5) is 4.29. The van der Waals surface area contributed by atoms with Gasteiger partial charge in [-0.05, 0) is 29.7 Å². The standard InChI is InChI=1S/C13H9FN2/c14-8-5-6-10-11(7-8)9-3-1-2-4-12(9)16-13(10)15/h1-7H,(H2,15,16). The highest BCUT2D eigenvalue weighted by atomic mass is 19.1. The molecule has 0 radical (unpaired) electrons. The topological polar surface area (TPSA) is 38.9 Å². The number of halogens is 1. The van der Waals surface area contributed by atoms with Crippen LogP contribution in [0.15, 0.2) is 42.5 Å². The minimum atomic E-state index is -0.261. The Kier molecular flexibility index (Phi) is 1.80. The number of nitrogens with zero attached hydrogens (tertiary/aromatic N) is 1. The highest BCUT2D eigenvalue weighted by Crippen LogP contribution is 2.27. The van der Waals surface area contributed by atoms with Crippen molar-refractivity contribution in [3.05, 3.63) is 48.3 Å². The van der Waals surface area contributed by atoms with Crippen LogP contribution in [0.25, 0.3) is 21.7 Å². The monoisotopic (exact) mass is 212 g/mol. The fourth-order valence-electron chi connectivity index (χ4n) is 1.95. The lowest BCUT2D eigenvalue weighted by Crippen LogP contribution is -1.93. The second-order valence-corrected chi connectivity index (χ2v) is 3.70. The molecule has 0 atom stereocenters. The van der Waals surface area contributed by atoms with Gasteiger partial charge >= 0.3 is 0 Å². The van der Waals surface area contributed by atoms with Gasteiger partial charge in [-0.2, -0.15) is 0 Å². The van der Waals surface area contributed by atoms with Crippen LogP contribution in [-0.2, 0) is 0 Å². The molecule has 1 heterocycles. The van der Waals surface area contributed by atoms with E-state index in [-0.39, 0.29) is 5.82 Å². The number of pyridine rings is 1. The Bertz CT molecular complexity index is 692.